The minimum Gasteiger partial charge on any atom is -0.423 e. The third-order valence-corrected chi connectivity index (χ3v) is 9.96. The zero-order chi connectivity index (χ0) is 34.4. The van der Waals surface area contributed by atoms with Crippen molar-refractivity contribution >= 4 is 60.7 Å². The van der Waals surface area contributed by atoms with Gasteiger partial charge in [0.1, 0.15) is 6.04 Å². The van der Waals surface area contributed by atoms with Crippen LogP contribution in [0.1, 0.15) is 83.2 Å². The van der Waals surface area contributed by atoms with E-state index >= 15 is 0 Å². The van der Waals surface area contributed by atoms with Crippen LogP contribution < -0.4 is 21.6 Å². The number of rotatable bonds is 8. The second kappa shape index (κ2) is 13.0. The zero-order valence-electron chi connectivity index (χ0n) is 26.5. The van der Waals surface area contributed by atoms with Crippen molar-refractivity contribution in [3.05, 3.63) is 58.7 Å². The van der Waals surface area contributed by atoms with Gasteiger partial charge < -0.3 is 39.7 Å². The molecule has 0 radical (unpaired) electrons. The fraction of sp³-hybridized carbons (Fsp3) is 0.438. The number of amides is 5. The number of fused-ring (bicyclic) bond motifs is 2. The number of hydrogen-bond donors (Lipinski definition) is 4. The minimum absolute atomic E-state index is 0.0102. The van der Waals surface area contributed by atoms with Gasteiger partial charge in [-0.05, 0) is 65.6 Å². The average molecular weight is 672 g/mol. The van der Waals surface area contributed by atoms with E-state index in [-0.39, 0.29) is 56.6 Å². The first kappa shape index (κ1) is 33.0. The maximum absolute atomic E-state index is 14.1. The lowest BCUT2D eigenvalue weighted by molar-refractivity contribution is -0.198. The van der Waals surface area contributed by atoms with Crippen LogP contribution in [0.3, 0.4) is 0 Å². The molecule has 4 aliphatic heterocycles. The molecule has 1 saturated carbocycles. The monoisotopic (exact) mass is 672 g/mol. The maximum Gasteiger partial charge on any atom is 0.491 e. The van der Waals surface area contributed by atoms with E-state index in [0.29, 0.717) is 41.7 Å². The summed E-state index contributed by atoms with van der Waals surface area (Å²) in [5.74, 6) is -3.53. The topological polar surface area (TPSA) is 201 Å². The molecule has 17 heteroatoms. The van der Waals surface area contributed by atoms with Crippen molar-refractivity contribution in [3.63, 3.8) is 0 Å². The molecule has 0 aromatic heterocycles. The second-order valence-corrected chi connectivity index (χ2v) is 13.2. The van der Waals surface area contributed by atoms with Crippen LogP contribution in [0.4, 0.5) is 0 Å². The molecule has 254 valence electrons. The zero-order valence-corrected chi connectivity index (χ0v) is 26.5. The van der Waals surface area contributed by atoms with E-state index in [9.17, 15) is 38.8 Å². The Morgan fingerprint density at radius 1 is 0.898 bits per heavy atom. The molecule has 2 aromatic carbocycles. The molecule has 5 amide bonds. The number of nitrogens with zero attached hydrogens (tertiary/aromatic N) is 2. The SMILES string of the molecule is O=C(CC1(NC(=O)[C@@H]2C[C@H](NC(=O)c3ccc4c(c3)B(O)OC4)CN2C(=O)c2ccc3c(c2)B(O)OC3)CCCC1)ON1C(=O)CCC1=O. The Bertz CT molecular complexity index is 1730. The third kappa shape index (κ3) is 6.46. The fourth-order valence-corrected chi connectivity index (χ4v) is 7.36. The molecular formula is C32H34B2N4O11. The van der Waals surface area contributed by atoms with Gasteiger partial charge in [-0.2, -0.15) is 0 Å². The van der Waals surface area contributed by atoms with Crippen LogP contribution in [0.2, 0.25) is 0 Å². The van der Waals surface area contributed by atoms with Crippen molar-refractivity contribution in [2.75, 3.05) is 6.54 Å². The molecule has 0 bridgehead atoms. The van der Waals surface area contributed by atoms with Gasteiger partial charge >= 0.3 is 20.2 Å². The van der Waals surface area contributed by atoms with E-state index in [2.05, 4.69) is 10.6 Å². The fourth-order valence-electron chi connectivity index (χ4n) is 7.36. The van der Waals surface area contributed by atoms with E-state index in [1.165, 1.54) is 11.0 Å². The smallest absolute Gasteiger partial charge is 0.423 e. The summed E-state index contributed by atoms with van der Waals surface area (Å²) in [5, 5.41) is 26.7. The first-order valence-electron chi connectivity index (χ1n) is 16.4. The molecule has 4 heterocycles. The predicted octanol–water partition coefficient (Wildman–Crippen LogP) is -1.44. The molecule has 0 unspecified atom stereocenters. The quantitative estimate of drug-likeness (QED) is 0.189. The number of hydroxylamine groups is 2. The molecule has 3 fully saturated rings. The lowest BCUT2D eigenvalue weighted by Crippen LogP contribution is -2.55. The molecule has 2 atom stereocenters. The highest BCUT2D eigenvalue weighted by atomic mass is 16.7. The van der Waals surface area contributed by atoms with Crippen LogP contribution in [0, 0.1) is 0 Å². The van der Waals surface area contributed by atoms with Gasteiger partial charge in [0, 0.05) is 36.6 Å². The minimum atomic E-state index is -1.18. The van der Waals surface area contributed by atoms with Gasteiger partial charge in [-0.25, -0.2) is 4.79 Å². The molecular weight excluding hydrogens is 638 g/mol. The van der Waals surface area contributed by atoms with Gasteiger partial charge in [0.05, 0.1) is 25.2 Å². The summed E-state index contributed by atoms with van der Waals surface area (Å²) in [6.07, 6.45) is 1.98. The van der Waals surface area contributed by atoms with Crippen molar-refractivity contribution in [2.45, 2.75) is 82.2 Å². The summed E-state index contributed by atoms with van der Waals surface area (Å²) in [7, 11) is -2.32. The van der Waals surface area contributed by atoms with Crippen LogP contribution in [-0.4, -0.2) is 93.9 Å². The number of benzene rings is 2. The molecule has 4 N–H and O–H groups in total. The number of likely N-dealkylation sites (tertiary alicyclic amines) is 1. The Morgan fingerprint density at radius 2 is 1.49 bits per heavy atom. The number of nitrogens with one attached hydrogen (secondary N) is 2. The Labute approximate surface area is 281 Å². The molecule has 0 spiro atoms. The molecule has 5 aliphatic rings. The Morgan fingerprint density at radius 3 is 2.12 bits per heavy atom. The highest BCUT2D eigenvalue weighted by Gasteiger charge is 2.46. The summed E-state index contributed by atoms with van der Waals surface area (Å²) < 4.78 is 10.5. The maximum atomic E-state index is 14.1. The molecule has 49 heavy (non-hydrogen) atoms. The van der Waals surface area contributed by atoms with Gasteiger partial charge in [0.15, 0.2) is 0 Å². The second-order valence-electron chi connectivity index (χ2n) is 13.2. The normalized spacial score (nSPS) is 22.4. The van der Waals surface area contributed by atoms with Crippen molar-refractivity contribution < 1.29 is 53.0 Å². The highest BCUT2D eigenvalue weighted by molar-refractivity contribution is 6.62. The predicted molar refractivity (Wildman–Crippen MR) is 170 cm³/mol. The molecule has 15 nitrogen and oxygen atoms in total. The largest absolute Gasteiger partial charge is 0.491 e. The van der Waals surface area contributed by atoms with Crippen molar-refractivity contribution in [1.29, 1.82) is 0 Å². The van der Waals surface area contributed by atoms with Gasteiger partial charge in [-0.1, -0.05) is 25.0 Å². The number of carbonyl (C=O) groups excluding carboxylic acids is 6. The van der Waals surface area contributed by atoms with Crippen molar-refractivity contribution in [3.8, 4) is 0 Å². The lowest BCUT2D eigenvalue weighted by atomic mass is 9.78. The summed E-state index contributed by atoms with van der Waals surface area (Å²) in [6.45, 7) is 0.419. The molecule has 7 rings (SSSR count). The summed E-state index contributed by atoms with van der Waals surface area (Å²) >= 11 is 0. The van der Waals surface area contributed by atoms with Crippen molar-refractivity contribution in [2.24, 2.45) is 0 Å². The lowest BCUT2D eigenvalue weighted by Gasteiger charge is -2.33. The van der Waals surface area contributed by atoms with Crippen LogP contribution in [0.15, 0.2) is 36.4 Å². The van der Waals surface area contributed by atoms with E-state index < -0.39 is 67.4 Å². The standard InChI is InChI=1S/C32H34B2N4O11/c39-26-7-8-27(40)38(26)49-28(41)14-32(9-1-2-10-32)36-30(43)25-13-22(35-29(42)18-3-5-20-16-47-33(45)23(20)11-18)15-37(25)31(44)19-4-6-21-17-48-34(46)24(21)12-19/h3-6,11-12,22,25,45-46H,1-2,7-10,13-17H2,(H,35,42)(H,36,43)/t22-,25-/m0/s1. The third-order valence-electron chi connectivity index (χ3n) is 9.96. The van der Waals surface area contributed by atoms with Crippen LogP contribution >= 0.6 is 0 Å². The van der Waals surface area contributed by atoms with E-state index in [1.54, 1.807) is 30.3 Å². The van der Waals surface area contributed by atoms with Crippen LogP contribution in [0.5, 0.6) is 0 Å². The van der Waals surface area contributed by atoms with Gasteiger partial charge in [0.2, 0.25) is 5.91 Å². The van der Waals surface area contributed by atoms with E-state index in [1.807, 2.05) is 0 Å². The highest BCUT2D eigenvalue weighted by Crippen LogP contribution is 2.34. The Kier molecular flexibility index (Phi) is 8.77. The number of hydrogen-bond acceptors (Lipinski definition) is 11. The first-order valence-corrected chi connectivity index (χ1v) is 16.4. The van der Waals surface area contributed by atoms with E-state index in [0.717, 1.165) is 11.1 Å². The summed E-state index contributed by atoms with van der Waals surface area (Å²) in [4.78, 5) is 84.9. The van der Waals surface area contributed by atoms with Crippen LogP contribution in [0.25, 0.3) is 0 Å². The van der Waals surface area contributed by atoms with Crippen LogP contribution in [-0.2, 0) is 46.5 Å². The molecule has 2 aromatic rings. The Balaban J connectivity index is 1.10. The summed E-state index contributed by atoms with van der Waals surface area (Å²) in [5.41, 5.74) is 1.93. The van der Waals surface area contributed by atoms with Gasteiger partial charge in [-0.3, -0.25) is 24.0 Å². The van der Waals surface area contributed by atoms with Crippen molar-refractivity contribution in [1.82, 2.24) is 20.6 Å². The average Bonchev–Trinajstić information content (AvgIpc) is 3.92. The van der Waals surface area contributed by atoms with Gasteiger partial charge in [0.25, 0.3) is 23.6 Å². The molecule has 1 aliphatic carbocycles. The first-order chi connectivity index (χ1) is 23.5. The van der Waals surface area contributed by atoms with E-state index in [4.69, 9.17) is 14.1 Å². The Hall–Kier alpha value is -4.57. The molecule has 2 saturated heterocycles. The number of carbonyl (C=O) groups is 6. The summed E-state index contributed by atoms with van der Waals surface area (Å²) in [6, 6.07) is 7.99. The number of imide groups is 1. The van der Waals surface area contributed by atoms with Gasteiger partial charge in [-0.15, -0.1) is 5.06 Å².